The van der Waals surface area contributed by atoms with Crippen LogP contribution in [0.3, 0.4) is 0 Å². The van der Waals surface area contributed by atoms with Gasteiger partial charge in [0.25, 0.3) is 0 Å². The molecule has 1 rings (SSSR count). The number of carbonyl (C=O) groups excluding carboxylic acids is 1. The summed E-state index contributed by atoms with van der Waals surface area (Å²) >= 11 is 0. The average molecular weight is 359 g/mol. The Morgan fingerprint density at radius 3 is 2.24 bits per heavy atom. The maximum absolute atomic E-state index is 13.1. The molecule has 0 heterocycles. The van der Waals surface area contributed by atoms with Gasteiger partial charge in [0.1, 0.15) is 0 Å². The lowest BCUT2D eigenvalue weighted by molar-refractivity contribution is -0.136. The van der Waals surface area contributed by atoms with Gasteiger partial charge in [0.05, 0.1) is 11.3 Å². The van der Waals surface area contributed by atoms with Crippen LogP contribution < -0.4 is 5.32 Å². The van der Waals surface area contributed by atoms with Crippen LogP contribution in [-0.2, 0) is 6.18 Å². The van der Waals surface area contributed by atoms with E-state index in [1.54, 1.807) is 4.90 Å². The molecule has 0 aliphatic rings. The summed E-state index contributed by atoms with van der Waals surface area (Å²) in [5.74, 6) is 0.223. The molecule has 0 unspecified atom stereocenters. The van der Waals surface area contributed by atoms with E-state index in [0.717, 1.165) is 19.2 Å². The van der Waals surface area contributed by atoms with Crippen molar-refractivity contribution in [3.8, 4) is 0 Å². The Morgan fingerprint density at radius 1 is 1.12 bits per heavy atom. The molecule has 0 bridgehead atoms. The van der Waals surface area contributed by atoms with Crippen LogP contribution in [0.15, 0.2) is 24.3 Å². The molecule has 0 radical (unpaired) electrons. The number of anilines is 1. The second-order valence-electron chi connectivity index (χ2n) is 6.34. The number of benzene rings is 1. The number of rotatable bonds is 8. The van der Waals surface area contributed by atoms with E-state index in [1.807, 2.05) is 27.7 Å². The van der Waals surface area contributed by atoms with Crippen molar-refractivity contribution in [2.24, 2.45) is 5.92 Å². The minimum Gasteiger partial charge on any atom is -0.323 e. The molecule has 0 aliphatic heterocycles. The molecule has 0 atom stereocenters. The lowest BCUT2D eigenvalue weighted by atomic mass is 10.1. The summed E-state index contributed by atoms with van der Waals surface area (Å²) in [5, 5.41) is 2.43. The van der Waals surface area contributed by atoms with Gasteiger partial charge in [-0.15, -0.1) is 0 Å². The molecule has 1 aromatic carbocycles. The van der Waals surface area contributed by atoms with Gasteiger partial charge in [-0.25, -0.2) is 4.79 Å². The lowest BCUT2D eigenvalue weighted by Gasteiger charge is -2.28. The number of para-hydroxylation sites is 1. The molecule has 1 aromatic rings. The first-order valence-electron chi connectivity index (χ1n) is 8.63. The zero-order valence-corrected chi connectivity index (χ0v) is 15.4. The molecular formula is C18H28F3N3O. The smallest absolute Gasteiger partial charge is 0.323 e. The second kappa shape index (κ2) is 9.65. The van der Waals surface area contributed by atoms with Crippen LogP contribution in [0.1, 0.15) is 33.3 Å². The van der Waals surface area contributed by atoms with Gasteiger partial charge in [-0.05, 0) is 31.1 Å². The minimum absolute atomic E-state index is 0.211. The zero-order chi connectivity index (χ0) is 19.0. The molecule has 25 heavy (non-hydrogen) atoms. The molecule has 4 nitrogen and oxygen atoms in total. The van der Waals surface area contributed by atoms with Crippen LogP contribution in [0, 0.1) is 5.92 Å². The molecule has 1 N–H and O–H groups in total. The van der Waals surface area contributed by atoms with Gasteiger partial charge in [0, 0.05) is 19.6 Å². The standard InChI is InChI=1S/C18H28F3N3O/c1-5-23(6-2)11-12-24(13-14(3)4)17(25)22-16-10-8-7-9-15(16)18(19,20)21/h7-10,14H,5-6,11-13H2,1-4H3,(H,22,25). The Kier molecular flexibility index (Phi) is 8.22. The molecule has 0 aliphatic carbocycles. The van der Waals surface area contributed by atoms with E-state index in [-0.39, 0.29) is 11.6 Å². The molecular weight excluding hydrogens is 331 g/mol. The van der Waals surface area contributed by atoms with Gasteiger partial charge in [-0.2, -0.15) is 13.2 Å². The topological polar surface area (TPSA) is 35.6 Å². The predicted molar refractivity (Wildman–Crippen MR) is 94.7 cm³/mol. The van der Waals surface area contributed by atoms with E-state index in [1.165, 1.54) is 18.2 Å². The third-order valence-corrected chi connectivity index (χ3v) is 3.93. The summed E-state index contributed by atoms with van der Waals surface area (Å²) in [5.41, 5.74) is -1.05. The van der Waals surface area contributed by atoms with Crippen LogP contribution in [0.4, 0.5) is 23.7 Å². The summed E-state index contributed by atoms with van der Waals surface area (Å²) in [6.07, 6.45) is -4.51. The number of likely N-dealkylation sites (N-methyl/N-ethyl adjacent to an activating group) is 1. The normalized spacial score (nSPS) is 11.9. The van der Waals surface area contributed by atoms with Crippen molar-refractivity contribution >= 4 is 11.7 Å². The van der Waals surface area contributed by atoms with Crippen LogP contribution in [0.25, 0.3) is 0 Å². The number of hydrogen-bond donors (Lipinski definition) is 1. The van der Waals surface area contributed by atoms with Crippen molar-refractivity contribution in [1.82, 2.24) is 9.80 Å². The molecule has 0 spiro atoms. The zero-order valence-electron chi connectivity index (χ0n) is 15.4. The van der Waals surface area contributed by atoms with Crippen molar-refractivity contribution < 1.29 is 18.0 Å². The number of nitrogens with zero attached hydrogens (tertiary/aromatic N) is 2. The van der Waals surface area contributed by atoms with Crippen molar-refractivity contribution in [2.45, 2.75) is 33.9 Å². The minimum atomic E-state index is -4.51. The Balaban J connectivity index is 2.88. The fraction of sp³-hybridized carbons (Fsp3) is 0.611. The van der Waals surface area contributed by atoms with Gasteiger partial charge < -0.3 is 15.1 Å². The molecule has 142 valence electrons. The highest BCUT2D eigenvalue weighted by Crippen LogP contribution is 2.34. The first-order chi connectivity index (χ1) is 11.7. The van der Waals surface area contributed by atoms with Gasteiger partial charge in [0.15, 0.2) is 0 Å². The van der Waals surface area contributed by atoms with E-state index < -0.39 is 17.8 Å². The quantitative estimate of drug-likeness (QED) is 0.740. The lowest BCUT2D eigenvalue weighted by Crippen LogP contribution is -2.42. The SMILES string of the molecule is CCN(CC)CCN(CC(C)C)C(=O)Nc1ccccc1C(F)(F)F. The van der Waals surface area contributed by atoms with Crippen LogP contribution in [0.2, 0.25) is 0 Å². The van der Waals surface area contributed by atoms with Crippen LogP contribution >= 0.6 is 0 Å². The van der Waals surface area contributed by atoms with Crippen molar-refractivity contribution in [2.75, 3.05) is 38.0 Å². The number of hydrogen-bond acceptors (Lipinski definition) is 2. The predicted octanol–water partition coefficient (Wildman–Crippen LogP) is 4.54. The van der Waals surface area contributed by atoms with E-state index in [4.69, 9.17) is 0 Å². The Hall–Kier alpha value is -1.76. The highest BCUT2D eigenvalue weighted by molar-refractivity contribution is 5.90. The fourth-order valence-corrected chi connectivity index (χ4v) is 2.55. The van der Waals surface area contributed by atoms with E-state index in [2.05, 4.69) is 10.2 Å². The first kappa shape index (κ1) is 21.3. The number of urea groups is 1. The van der Waals surface area contributed by atoms with Gasteiger partial charge in [-0.1, -0.05) is 39.8 Å². The molecule has 0 saturated carbocycles. The van der Waals surface area contributed by atoms with Crippen molar-refractivity contribution in [3.05, 3.63) is 29.8 Å². The maximum atomic E-state index is 13.1. The fourth-order valence-electron chi connectivity index (χ4n) is 2.55. The summed E-state index contributed by atoms with van der Waals surface area (Å²) in [6.45, 7) is 11.4. The summed E-state index contributed by atoms with van der Waals surface area (Å²) < 4.78 is 39.3. The number of carbonyl (C=O) groups is 1. The highest BCUT2D eigenvalue weighted by Gasteiger charge is 2.33. The number of amides is 2. The van der Waals surface area contributed by atoms with E-state index in [9.17, 15) is 18.0 Å². The van der Waals surface area contributed by atoms with Crippen LogP contribution in [-0.4, -0.2) is 48.6 Å². The summed E-state index contributed by atoms with van der Waals surface area (Å²) in [7, 11) is 0. The second-order valence-corrected chi connectivity index (χ2v) is 6.34. The highest BCUT2D eigenvalue weighted by atomic mass is 19.4. The number of halogens is 3. The largest absolute Gasteiger partial charge is 0.418 e. The maximum Gasteiger partial charge on any atom is 0.418 e. The van der Waals surface area contributed by atoms with Crippen molar-refractivity contribution in [3.63, 3.8) is 0 Å². The number of alkyl halides is 3. The first-order valence-corrected chi connectivity index (χ1v) is 8.63. The number of nitrogens with one attached hydrogen (secondary N) is 1. The molecule has 0 saturated heterocycles. The summed E-state index contributed by atoms with van der Waals surface area (Å²) in [6, 6.07) is 4.53. The third kappa shape index (κ3) is 6.94. The summed E-state index contributed by atoms with van der Waals surface area (Å²) in [4.78, 5) is 16.3. The molecule has 0 aromatic heterocycles. The Bertz CT molecular complexity index is 543. The molecule has 0 fully saturated rings. The van der Waals surface area contributed by atoms with Gasteiger partial charge in [0.2, 0.25) is 0 Å². The third-order valence-electron chi connectivity index (χ3n) is 3.93. The van der Waals surface area contributed by atoms with E-state index >= 15 is 0 Å². The Labute approximate surface area is 148 Å². The molecule has 2 amide bonds. The Morgan fingerprint density at radius 2 is 1.72 bits per heavy atom. The van der Waals surface area contributed by atoms with Gasteiger partial charge >= 0.3 is 12.2 Å². The van der Waals surface area contributed by atoms with Crippen LogP contribution in [0.5, 0.6) is 0 Å². The average Bonchev–Trinajstić information content (AvgIpc) is 2.53. The van der Waals surface area contributed by atoms with Gasteiger partial charge in [-0.3, -0.25) is 0 Å². The van der Waals surface area contributed by atoms with E-state index in [0.29, 0.717) is 19.6 Å². The monoisotopic (exact) mass is 359 g/mol. The molecule has 7 heteroatoms. The van der Waals surface area contributed by atoms with Crippen molar-refractivity contribution in [1.29, 1.82) is 0 Å².